The Bertz CT molecular complexity index is 932. The van der Waals surface area contributed by atoms with Gasteiger partial charge in [-0.3, -0.25) is 0 Å². The minimum Gasteiger partial charge on any atom is -0.441 e. The van der Waals surface area contributed by atoms with Crippen LogP contribution in [0.5, 0.6) is 0 Å². The van der Waals surface area contributed by atoms with Crippen LogP contribution in [0.4, 0.5) is 18.6 Å². The van der Waals surface area contributed by atoms with Crippen LogP contribution in [-0.2, 0) is 5.41 Å². The summed E-state index contributed by atoms with van der Waals surface area (Å²) >= 11 is 0. The van der Waals surface area contributed by atoms with E-state index >= 15 is 0 Å². The smallest absolute Gasteiger partial charge is 0.441 e. The summed E-state index contributed by atoms with van der Waals surface area (Å²) in [7, 11) is 0. The van der Waals surface area contributed by atoms with Gasteiger partial charge in [-0.05, 0) is 24.3 Å². The highest BCUT2D eigenvalue weighted by Gasteiger charge is 2.61. The van der Waals surface area contributed by atoms with Gasteiger partial charge in [0.2, 0.25) is 5.69 Å². The number of benzene rings is 2. The molecule has 1 aliphatic heterocycles. The zero-order valence-electron chi connectivity index (χ0n) is 19.1. The summed E-state index contributed by atoms with van der Waals surface area (Å²) in [5.74, 6) is 0.250. The summed E-state index contributed by atoms with van der Waals surface area (Å²) in [6.45, 7) is 8.67. The van der Waals surface area contributed by atoms with Crippen LogP contribution in [-0.4, -0.2) is 22.7 Å². The lowest BCUT2D eigenvalue weighted by atomic mass is 9.62. The second-order valence-electron chi connectivity index (χ2n) is 10.1. The Balaban J connectivity index is 2.49. The molecular weight excluding hydrogens is 382 g/mol. The van der Waals surface area contributed by atoms with E-state index in [9.17, 15) is 12.9 Å². The van der Waals surface area contributed by atoms with Gasteiger partial charge in [0, 0.05) is 36.8 Å². The van der Waals surface area contributed by atoms with Crippen LogP contribution < -0.4 is 0 Å². The van der Waals surface area contributed by atoms with E-state index in [4.69, 9.17) is 0 Å². The topological polar surface area (TPSA) is 3.01 Å². The normalized spacial score (nSPS) is 21.7. The molecule has 2 aromatic carbocycles. The molecule has 1 nitrogen and oxygen atoms in total. The SMILES string of the molecule is CC(C)c1cccc(C(C)C)c1[N+]1=C([B-](F)(F)F)C(C)(c2ccccc2)CC1(C)C. The quantitative estimate of drug-likeness (QED) is 0.350. The molecule has 1 unspecified atom stereocenters. The first kappa shape index (κ1) is 22.6. The largest absolute Gasteiger partial charge is 0.568 e. The fourth-order valence-corrected chi connectivity index (χ4v) is 5.36. The molecule has 0 N–H and O–H groups in total. The van der Waals surface area contributed by atoms with Gasteiger partial charge in [-0.25, -0.2) is 4.58 Å². The second kappa shape index (κ2) is 7.58. The number of hydrogen-bond donors (Lipinski definition) is 0. The van der Waals surface area contributed by atoms with Crippen LogP contribution in [0.15, 0.2) is 48.5 Å². The average molecular weight is 415 g/mol. The lowest BCUT2D eigenvalue weighted by Gasteiger charge is -2.29. The molecule has 0 saturated carbocycles. The molecule has 2 aromatic rings. The van der Waals surface area contributed by atoms with E-state index in [1.54, 1.807) is 11.5 Å². The van der Waals surface area contributed by atoms with Crippen molar-refractivity contribution >= 4 is 18.3 Å². The first-order valence-corrected chi connectivity index (χ1v) is 10.9. The average Bonchev–Trinajstić information content (AvgIpc) is 2.87. The van der Waals surface area contributed by atoms with E-state index in [0.717, 1.165) is 22.4 Å². The molecule has 1 heterocycles. The predicted octanol–water partition coefficient (Wildman–Crippen LogP) is 7.55. The minimum absolute atomic E-state index is 0.125. The summed E-state index contributed by atoms with van der Waals surface area (Å²) < 4.78 is 46.3. The Morgan fingerprint density at radius 1 is 0.800 bits per heavy atom. The lowest BCUT2D eigenvalue weighted by Crippen LogP contribution is -2.46. The molecule has 1 atom stereocenters. The first-order valence-electron chi connectivity index (χ1n) is 10.9. The summed E-state index contributed by atoms with van der Waals surface area (Å²) in [4.78, 5) is 0. The van der Waals surface area contributed by atoms with E-state index in [1.165, 1.54) is 0 Å². The van der Waals surface area contributed by atoms with Gasteiger partial charge in [0.15, 0.2) is 5.54 Å². The Labute approximate surface area is 179 Å². The molecule has 30 heavy (non-hydrogen) atoms. The van der Waals surface area contributed by atoms with Gasteiger partial charge in [-0.15, -0.1) is 0 Å². The van der Waals surface area contributed by atoms with Gasteiger partial charge in [-0.2, -0.15) is 0 Å². The van der Waals surface area contributed by atoms with E-state index in [0.29, 0.717) is 6.42 Å². The molecule has 0 radical (unpaired) electrons. The van der Waals surface area contributed by atoms with Crippen LogP contribution in [0, 0.1) is 0 Å². The maximum atomic E-state index is 14.9. The van der Waals surface area contributed by atoms with Crippen LogP contribution in [0.3, 0.4) is 0 Å². The van der Waals surface area contributed by atoms with Crippen molar-refractivity contribution in [2.24, 2.45) is 0 Å². The van der Waals surface area contributed by atoms with Gasteiger partial charge < -0.3 is 12.9 Å². The number of halogens is 3. The predicted molar refractivity (Wildman–Crippen MR) is 121 cm³/mol. The zero-order valence-corrected chi connectivity index (χ0v) is 19.1. The van der Waals surface area contributed by atoms with Crippen molar-refractivity contribution < 1.29 is 17.5 Å². The first-order chi connectivity index (χ1) is 13.8. The van der Waals surface area contributed by atoms with E-state index in [2.05, 4.69) is 27.7 Å². The molecule has 1 aliphatic rings. The van der Waals surface area contributed by atoms with Crippen LogP contribution in [0.1, 0.15) is 83.4 Å². The lowest BCUT2D eigenvalue weighted by molar-refractivity contribution is -0.515. The maximum Gasteiger partial charge on any atom is 0.568 e. The third-order valence-corrected chi connectivity index (χ3v) is 6.48. The van der Waals surface area contributed by atoms with Gasteiger partial charge in [0.05, 0.1) is 0 Å². The molecule has 0 aromatic heterocycles. The number of nitrogens with zero attached hydrogens (tertiary/aromatic N) is 1. The Kier molecular flexibility index (Phi) is 5.72. The second-order valence-corrected chi connectivity index (χ2v) is 10.1. The van der Waals surface area contributed by atoms with Crippen LogP contribution in [0.2, 0.25) is 0 Å². The van der Waals surface area contributed by atoms with E-state index in [1.807, 2.05) is 62.4 Å². The number of hydrogen-bond acceptors (Lipinski definition) is 0. The summed E-state index contributed by atoms with van der Waals surface area (Å²) in [6.07, 6.45) is 0.407. The van der Waals surface area contributed by atoms with Crippen molar-refractivity contribution in [1.82, 2.24) is 0 Å². The third-order valence-electron chi connectivity index (χ3n) is 6.48. The van der Waals surface area contributed by atoms with Gasteiger partial charge in [0.1, 0.15) is 5.61 Å². The Morgan fingerprint density at radius 2 is 1.30 bits per heavy atom. The number of rotatable bonds is 5. The molecule has 0 bridgehead atoms. The highest BCUT2D eigenvalue weighted by molar-refractivity contribution is 6.92. The van der Waals surface area contributed by atoms with Crippen molar-refractivity contribution in [2.45, 2.75) is 77.7 Å². The molecule has 0 spiro atoms. The van der Waals surface area contributed by atoms with Crippen molar-refractivity contribution in [2.75, 3.05) is 0 Å². The van der Waals surface area contributed by atoms with Gasteiger partial charge >= 0.3 is 6.98 Å². The van der Waals surface area contributed by atoms with Crippen LogP contribution in [0.25, 0.3) is 0 Å². The molecule has 0 saturated heterocycles. The van der Waals surface area contributed by atoms with Crippen molar-refractivity contribution in [3.63, 3.8) is 0 Å². The van der Waals surface area contributed by atoms with Gasteiger partial charge in [-0.1, -0.05) is 76.2 Å². The zero-order chi connectivity index (χ0) is 22.5. The van der Waals surface area contributed by atoms with E-state index in [-0.39, 0.29) is 11.8 Å². The highest BCUT2D eigenvalue weighted by Crippen LogP contribution is 2.50. The molecule has 0 amide bonds. The standard InChI is InChI=1S/C25H33BF3N/c1-17(2)20-14-11-15-21(18(3)4)22(20)30-23(26(27,28)29)25(7,16-24(30,5)6)19-12-9-8-10-13-19/h8-15,17-18H,16H2,1-7H3. The molecule has 3 rings (SSSR count). The van der Waals surface area contributed by atoms with E-state index < -0.39 is 23.5 Å². The third kappa shape index (κ3) is 3.72. The molecule has 5 heteroatoms. The van der Waals surface area contributed by atoms with Crippen molar-refractivity contribution in [3.05, 3.63) is 65.2 Å². The molecule has 0 fully saturated rings. The van der Waals surface area contributed by atoms with Gasteiger partial charge in [0.25, 0.3) is 0 Å². The number of para-hydroxylation sites is 1. The maximum absolute atomic E-state index is 14.9. The summed E-state index contributed by atoms with van der Waals surface area (Å²) in [5.41, 5.74) is 1.26. The minimum atomic E-state index is -5.21. The Hall–Kier alpha value is -2.04. The molecular formula is C25H33BF3N. The van der Waals surface area contributed by atoms with Crippen molar-refractivity contribution in [3.8, 4) is 0 Å². The van der Waals surface area contributed by atoms with Crippen LogP contribution >= 0.6 is 0 Å². The summed E-state index contributed by atoms with van der Waals surface area (Å²) in [6, 6.07) is 15.1. The molecule has 162 valence electrons. The monoisotopic (exact) mass is 415 g/mol. The highest BCUT2D eigenvalue weighted by atomic mass is 19.4. The summed E-state index contributed by atoms with van der Waals surface area (Å²) in [5, 5.41) is 0. The fourth-order valence-electron chi connectivity index (χ4n) is 5.36. The van der Waals surface area contributed by atoms with Crippen molar-refractivity contribution in [1.29, 1.82) is 0 Å². The molecule has 0 aliphatic carbocycles. The Morgan fingerprint density at radius 3 is 1.73 bits per heavy atom. The fraction of sp³-hybridized carbons (Fsp3) is 0.480.